The molecule has 1 aromatic rings. The Morgan fingerprint density at radius 1 is 0.675 bits per heavy atom. The van der Waals surface area contributed by atoms with Crippen molar-refractivity contribution >= 4 is 23.8 Å². The Labute approximate surface area is 243 Å². The maximum Gasteiger partial charge on any atom is 0.397 e. The van der Waals surface area contributed by atoms with Gasteiger partial charge in [-0.05, 0) is 86.1 Å². The lowest BCUT2D eigenvalue weighted by Crippen LogP contribution is -2.50. The van der Waals surface area contributed by atoms with Gasteiger partial charge in [0.15, 0.2) is 0 Å². The first kappa shape index (κ1) is 33.7. The average molecular weight is 617 g/mol. The molecule has 0 atom stereocenters. The third kappa shape index (κ3) is 7.99. The van der Waals surface area contributed by atoms with E-state index in [1.165, 1.54) is 18.9 Å². The van der Waals surface area contributed by atoms with E-state index >= 15 is 0 Å². The van der Waals surface area contributed by atoms with Gasteiger partial charge in [-0.15, -0.1) is 0 Å². The van der Waals surface area contributed by atoms with Crippen LogP contribution in [0.4, 0.5) is 30.7 Å². The summed E-state index contributed by atoms with van der Waals surface area (Å²) in [7, 11) is 0. The number of halogens is 7. The first-order chi connectivity index (χ1) is 19.0. The Morgan fingerprint density at radius 2 is 1.05 bits per heavy atom. The molecule has 10 heteroatoms. The summed E-state index contributed by atoms with van der Waals surface area (Å²) >= 11 is -1.38. The number of benzene rings is 1. The van der Waals surface area contributed by atoms with Gasteiger partial charge >= 0.3 is 16.4 Å². The van der Waals surface area contributed by atoms with Crippen LogP contribution in [0, 0.1) is 0 Å². The highest BCUT2D eigenvalue weighted by Gasteiger charge is 2.73. The minimum absolute atomic E-state index is 0.0944. The molecule has 0 N–H and O–H groups in total. The van der Waals surface area contributed by atoms with Crippen LogP contribution in [0.25, 0.3) is 0 Å². The molecule has 3 fully saturated rings. The average Bonchev–Trinajstić information content (AvgIpc) is 2.97. The fourth-order valence-corrected chi connectivity index (χ4v) is 7.41. The summed E-state index contributed by atoms with van der Waals surface area (Å²) in [5.41, 5.74) is 2.82. The highest BCUT2D eigenvalue weighted by Crippen LogP contribution is 2.56. The molecule has 1 aromatic carbocycles. The van der Waals surface area contributed by atoms with E-state index in [0.29, 0.717) is 12.2 Å². The summed E-state index contributed by atoms with van der Waals surface area (Å²) in [6.45, 7) is 1.21. The largest absolute Gasteiger partial charge is 0.419 e. The van der Waals surface area contributed by atoms with E-state index in [9.17, 15) is 30.7 Å². The zero-order valence-corrected chi connectivity index (χ0v) is 25.2. The molecule has 230 valence electrons. The first-order valence-corrected chi connectivity index (χ1v) is 16.7. The molecule has 0 bridgehead atoms. The number of thioether (sulfide) groups is 1. The van der Waals surface area contributed by atoms with Gasteiger partial charge < -0.3 is 4.18 Å². The molecule has 0 radical (unpaired) electrons. The van der Waals surface area contributed by atoms with E-state index in [1.54, 1.807) is 0 Å². The fourth-order valence-electron chi connectivity index (χ4n) is 6.34. The molecule has 1 nitrogen and oxygen atoms in total. The van der Waals surface area contributed by atoms with Crippen molar-refractivity contribution in [1.82, 2.24) is 0 Å². The predicted octanol–water partition coefficient (Wildman–Crippen LogP) is 12.0. The van der Waals surface area contributed by atoms with Gasteiger partial charge in [0.2, 0.25) is 0 Å². The Kier molecular flexibility index (Phi) is 12.7. The van der Waals surface area contributed by atoms with Gasteiger partial charge in [0.1, 0.15) is 17.8 Å². The van der Waals surface area contributed by atoms with Crippen molar-refractivity contribution in [1.29, 1.82) is 0 Å². The normalized spacial score (nSPS) is 20.6. The van der Waals surface area contributed by atoms with E-state index < -0.39 is 40.2 Å². The molecule has 3 aliphatic rings. The molecule has 0 spiro atoms. The third-order valence-electron chi connectivity index (χ3n) is 8.55. The van der Waals surface area contributed by atoms with Crippen molar-refractivity contribution in [2.24, 2.45) is 0 Å². The molecule has 0 aliphatic heterocycles. The van der Waals surface area contributed by atoms with Crippen molar-refractivity contribution < 1.29 is 34.9 Å². The summed E-state index contributed by atoms with van der Waals surface area (Å²) in [4.78, 5) is 0. The van der Waals surface area contributed by atoms with Crippen LogP contribution in [0.2, 0.25) is 0 Å². The topological polar surface area (TPSA) is 9.23 Å². The lowest BCUT2D eigenvalue weighted by atomic mass is 9.75. The minimum Gasteiger partial charge on any atom is -0.419 e. The summed E-state index contributed by atoms with van der Waals surface area (Å²) in [6, 6.07) is 4.14. The second kappa shape index (κ2) is 15.1. The van der Waals surface area contributed by atoms with Crippen LogP contribution in [0.3, 0.4) is 0 Å². The molecular weight excluding hydrogens is 573 g/mol. The number of hydrogen-bond donors (Lipinski definition) is 0. The molecule has 0 amide bonds. The van der Waals surface area contributed by atoms with Crippen LogP contribution in [-0.2, 0) is 0 Å². The van der Waals surface area contributed by atoms with Crippen LogP contribution in [0.5, 0.6) is 5.75 Å². The highest BCUT2D eigenvalue weighted by atomic mass is 32.2. The standard InChI is InChI=1S/C28H38F6OS2.C2H5F/c1-36-27(31,32)26(29,30)28(33,34)37-35-25-23(20-13-7-3-8-14-20)17-22(19-11-5-2-6-12-19)18-24(25)21-15-9-4-10-16-21;1-2-3/h17-21H,2-16H2,1H3;2H2,1H3. The smallest absolute Gasteiger partial charge is 0.397 e. The molecule has 0 unspecified atom stereocenters. The van der Waals surface area contributed by atoms with Crippen LogP contribution >= 0.6 is 23.8 Å². The van der Waals surface area contributed by atoms with Gasteiger partial charge in [0, 0.05) is 0 Å². The van der Waals surface area contributed by atoms with Crippen LogP contribution in [0.15, 0.2) is 12.1 Å². The molecular formula is C30H43F7OS2. The molecule has 0 heterocycles. The van der Waals surface area contributed by atoms with Gasteiger partial charge in [0.25, 0.3) is 0 Å². The lowest BCUT2D eigenvalue weighted by Gasteiger charge is -2.33. The molecule has 3 aliphatic carbocycles. The number of rotatable bonds is 9. The van der Waals surface area contributed by atoms with E-state index in [1.807, 2.05) is 0 Å². The predicted molar refractivity (Wildman–Crippen MR) is 152 cm³/mol. The zero-order chi connectivity index (χ0) is 29.4. The quantitative estimate of drug-likeness (QED) is 0.202. The Morgan fingerprint density at radius 3 is 1.43 bits per heavy atom. The Balaban J connectivity index is 0.00000141. The number of alkyl halides is 7. The summed E-state index contributed by atoms with van der Waals surface area (Å²) in [6.07, 6.45) is 16.2. The fraction of sp³-hybridized carbons (Fsp3) is 0.800. The summed E-state index contributed by atoms with van der Waals surface area (Å²) in [5.74, 6) is -4.76. The van der Waals surface area contributed by atoms with Gasteiger partial charge in [-0.2, -0.15) is 26.3 Å². The molecule has 0 saturated heterocycles. The number of hydrogen-bond acceptors (Lipinski definition) is 3. The SMILES string of the molecule is CCF.CSC(F)(F)C(F)(F)C(F)(F)SOc1c(C2CCCCC2)cc(C2CCCCC2)cc1C1CCCCC1. The monoisotopic (exact) mass is 616 g/mol. The first-order valence-electron chi connectivity index (χ1n) is 14.8. The van der Waals surface area contributed by atoms with Crippen LogP contribution < -0.4 is 4.18 Å². The van der Waals surface area contributed by atoms with E-state index in [2.05, 4.69) is 12.1 Å². The molecule has 4 rings (SSSR count). The molecule has 3 saturated carbocycles. The highest BCUT2D eigenvalue weighted by molar-refractivity contribution is 8.00. The van der Waals surface area contributed by atoms with Crippen molar-refractivity contribution in [3.8, 4) is 5.75 Å². The summed E-state index contributed by atoms with van der Waals surface area (Å²) in [5, 5.41) is -10.0. The van der Waals surface area contributed by atoms with Crippen molar-refractivity contribution in [3.63, 3.8) is 0 Å². The van der Waals surface area contributed by atoms with Crippen LogP contribution in [0.1, 0.15) is 138 Å². The second-order valence-corrected chi connectivity index (χ2v) is 13.0. The maximum atomic E-state index is 14.7. The zero-order valence-electron chi connectivity index (χ0n) is 23.6. The van der Waals surface area contributed by atoms with Crippen molar-refractivity contribution in [2.75, 3.05) is 12.9 Å². The lowest BCUT2D eigenvalue weighted by molar-refractivity contribution is -0.238. The second-order valence-electron chi connectivity index (χ2n) is 11.3. The van der Waals surface area contributed by atoms with Crippen molar-refractivity contribution in [2.45, 2.75) is 137 Å². The van der Waals surface area contributed by atoms with Gasteiger partial charge in [-0.3, -0.25) is 4.39 Å². The minimum atomic E-state index is -5.57. The van der Waals surface area contributed by atoms with Gasteiger partial charge in [-0.1, -0.05) is 81.7 Å². The van der Waals surface area contributed by atoms with Crippen molar-refractivity contribution in [3.05, 3.63) is 28.8 Å². The van der Waals surface area contributed by atoms with E-state index in [0.717, 1.165) is 101 Å². The van der Waals surface area contributed by atoms with E-state index in [4.69, 9.17) is 4.18 Å². The molecule has 40 heavy (non-hydrogen) atoms. The van der Waals surface area contributed by atoms with Crippen LogP contribution in [-0.4, -0.2) is 29.4 Å². The third-order valence-corrected chi connectivity index (χ3v) is 10.0. The summed E-state index contributed by atoms with van der Waals surface area (Å²) < 4.78 is 101. The van der Waals surface area contributed by atoms with Gasteiger partial charge in [-0.25, -0.2) is 0 Å². The van der Waals surface area contributed by atoms with Gasteiger partial charge in [0.05, 0.1) is 6.67 Å². The maximum absolute atomic E-state index is 14.7. The molecule has 0 aromatic heterocycles. The van der Waals surface area contributed by atoms with E-state index in [-0.39, 0.29) is 24.3 Å². The Bertz CT molecular complexity index is 870. The Hall–Kier alpha value is -0.770.